The number of thiazole rings is 1. The third-order valence-electron chi connectivity index (χ3n) is 5.35. The van der Waals surface area contributed by atoms with Crippen LogP contribution >= 0.6 is 11.3 Å². The maximum Gasteiger partial charge on any atom is 0.278 e. The van der Waals surface area contributed by atoms with Gasteiger partial charge in [0.1, 0.15) is 10.3 Å². The van der Waals surface area contributed by atoms with Crippen LogP contribution in [0.1, 0.15) is 12.0 Å². The Morgan fingerprint density at radius 3 is 2.64 bits per heavy atom. The third-order valence-corrected chi connectivity index (χ3v) is 7.17. The number of rotatable bonds is 10. The summed E-state index contributed by atoms with van der Waals surface area (Å²) in [5.41, 5.74) is 1.56. The van der Waals surface area contributed by atoms with Crippen LogP contribution in [0.4, 0.5) is 5.13 Å². The van der Waals surface area contributed by atoms with Gasteiger partial charge in [-0.2, -0.15) is 5.10 Å². The molecule has 0 spiro atoms. The van der Waals surface area contributed by atoms with Crippen molar-refractivity contribution in [1.29, 1.82) is 0 Å². The summed E-state index contributed by atoms with van der Waals surface area (Å²) in [5, 5.41) is 9.74. The van der Waals surface area contributed by atoms with Gasteiger partial charge in [0.15, 0.2) is 10.8 Å². The first-order valence-electron chi connectivity index (χ1n) is 11.6. The van der Waals surface area contributed by atoms with E-state index in [1.807, 2.05) is 25.2 Å². The van der Waals surface area contributed by atoms with Gasteiger partial charge in [-0.15, -0.1) is 0 Å². The quantitative estimate of drug-likeness (QED) is 0.315. The van der Waals surface area contributed by atoms with Crippen molar-refractivity contribution >= 4 is 49.2 Å². The van der Waals surface area contributed by atoms with Crippen LogP contribution in [-0.4, -0.2) is 95.5 Å². The number of nitrogens with zero attached hydrogens (tertiary/aromatic N) is 5. The van der Waals surface area contributed by atoms with Crippen LogP contribution in [0.3, 0.4) is 0 Å². The molecule has 1 aliphatic rings. The second-order valence-corrected chi connectivity index (χ2v) is 10.8. The summed E-state index contributed by atoms with van der Waals surface area (Å²) in [6.45, 7) is 3.80. The minimum atomic E-state index is -1.11. The number of anilines is 1. The molecule has 4 rings (SSSR count). The van der Waals surface area contributed by atoms with Gasteiger partial charge in [-0.05, 0) is 38.7 Å². The number of hydrogen-bond donors (Lipinski definition) is 1. The van der Waals surface area contributed by atoms with Crippen LogP contribution in [-0.2, 0) is 20.3 Å². The molecule has 3 heterocycles. The van der Waals surface area contributed by atoms with Gasteiger partial charge in [0.2, 0.25) is 5.88 Å². The average Bonchev–Trinajstić information content (AvgIpc) is 3.27. The van der Waals surface area contributed by atoms with E-state index in [4.69, 9.17) is 9.47 Å². The molecule has 2 aromatic heterocycles. The number of hydrogen-bond acceptors (Lipinski definition) is 10. The van der Waals surface area contributed by atoms with E-state index in [1.165, 1.54) is 11.3 Å². The summed E-state index contributed by atoms with van der Waals surface area (Å²) < 4.78 is 22.9. The van der Waals surface area contributed by atoms with E-state index in [0.29, 0.717) is 64.7 Å². The second-order valence-electron chi connectivity index (χ2n) is 8.45. The number of nitrogens with one attached hydrogen (secondary N) is 1. The molecule has 0 saturated carbocycles. The highest BCUT2D eigenvalue weighted by Gasteiger charge is 2.20. The Balaban J connectivity index is 1.51. The van der Waals surface area contributed by atoms with Gasteiger partial charge in [-0.25, -0.2) is 9.97 Å². The normalized spacial score (nSPS) is 15.3. The molecule has 1 aliphatic heterocycles. The highest BCUT2D eigenvalue weighted by Crippen LogP contribution is 2.26. The Hall–Kier alpha value is -2.93. The van der Waals surface area contributed by atoms with Gasteiger partial charge in [-0.3, -0.25) is 19.3 Å². The van der Waals surface area contributed by atoms with E-state index < -0.39 is 10.8 Å². The van der Waals surface area contributed by atoms with E-state index >= 15 is 0 Å². The predicted octanol–water partition coefficient (Wildman–Crippen LogP) is 2.43. The molecule has 12 heteroatoms. The average molecular weight is 531 g/mol. The Bertz CT molecular complexity index is 1240. The maximum absolute atomic E-state index is 13.3. The largest absolute Gasteiger partial charge is 0.478 e. The summed E-state index contributed by atoms with van der Waals surface area (Å²) >= 11 is 1.28. The topological polar surface area (TPSA) is 109 Å². The summed E-state index contributed by atoms with van der Waals surface area (Å²) in [7, 11) is 2.94. The summed E-state index contributed by atoms with van der Waals surface area (Å²) in [6.07, 6.45) is 2.52. The monoisotopic (exact) mass is 530 g/mol. The zero-order valence-electron chi connectivity index (χ0n) is 20.6. The van der Waals surface area contributed by atoms with E-state index in [-0.39, 0.29) is 11.6 Å². The predicted molar refractivity (Wildman–Crippen MR) is 142 cm³/mol. The molecule has 1 saturated heterocycles. The van der Waals surface area contributed by atoms with Crippen molar-refractivity contribution in [2.24, 2.45) is 5.10 Å². The van der Waals surface area contributed by atoms with Crippen LogP contribution in [0, 0.1) is 0 Å². The van der Waals surface area contributed by atoms with Crippen molar-refractivity contribution < 1.29 is 18.5 Å². The van der Waals surface area contributed by atoms with Crippen molar-refractivity contribution in [3.8, 4) is 5.88 Å². The lowest BCUT2D eigenvalue weighted by molar-refractivity contribution is -0.110. The number of carbonyl (C=O) groups is 1. The van der Waals surface area contributed by atoms with Crippen LogP contribution in [0.2, 0.25) is 0 Å². The van der Waals surface area contributed by atoms with Gasteiger partial charge in [0.25, 0.3) is 5.91 Å². The molecule has 192 valence electrons. The van der Waals surface area contributed by atoms with Crippen LogP contribution in [0.5, 0.6) is 5.88 Å². The number of pyridine rings is 1. The molecule has 0 bridgehead atoms. The molecular weight excluding hydrogens is 500 g/mol. The van der Waals surface area contributed by atoms with Gasteiger partial charge >= 0.3 is 0 Å². The van der Waals surface area contributed by atoms with Crippen LogP contribution in [0.25, 0.3) is 10.3 Å². The molecule has 1 aromatic carbocycles. The van der Waals surface area contributed by atoms with Crippen LogP contribution < -0.4 is 10.1 Å². The number of benzene rings is 1. The number of aromatic nitrogens is 2. The van der Waals surface area contributed by atoms with E-state index in [1.54, 1.807) is 36.6 Å². The molecule has 1 amide bonds. The maximum atomic E-state index is 13.3. The third kappa shape index (κ3) is 7.06. The molecule has 1 unspecified atom stereocenters. The van der Waals surface area contributed by atoms with E-state index in [9.17, 15) is 9.00 Å². The highest BCUT2D eigenvalue weighted by atomic mass is 32.2. The second kappa shape index (κ2) is 12.3. The van der Waals surface area contributed by atoms with Crippen molar-refractivity contribution in [1.82, 2.24) is 19.9 Å². The fourth-order valence-corrected chi connectivity index (χ4v) is 4.83. The molecule has 36 heavy (non-hydrogen) atoms. The van der Waals surface area contributed by atoms with Crippen molar-refractivity contribution in [3.63, 3.8) is 0 Å². The molecule has 0 aliphatic carbocycles. The Labute approximate surface area is 216 Å². The molecule has 10 nitrogen and oxygen atoms in total. The Morgan fingerprint density at radius 2 is 1.94 bits per heavy atom. The lowest BCUT2D eigenvalue weighted by Gasteiger charge is -2.24. The van der Waals surface area contributed by atoms with E-state index in [2.05, 4.69) is 25.3 Å². The number of fused-ring (bicyclic) bond motifs is 1. The first kappa shape index (κ1) is 26.1. The van der Waals surface area contributed by atoms with Gasteiger partial charge in [0, 0.05) is 40.1 Å². The molecule has 1 atom stereocenters. The first-order chi connectivity index (χ1) is 17.4. The lowest BCUT2D eigenvalue weighted by Crippen LogP contribution is -2.35. The number of ether oxygens (including phenoxy) is 2. The van der Waals surface area contributed by atoms with Crippen molar-refractivity contribution in [2.45, 2.75) is 11.3 Å². The molecule has 3 aromatic rings. The number of amides is 1. The zero-order chi connectivity index (χ0) is 25.5. The summed E-state index contributed by atoms with van der Waals surface area (Å²) in [6, 6.07) is 10.6. The number of morpholine rings is 1. The molecule has 1 fully saturated rings. The summed E-state index contributed by atoms with van der Waals surface area (Å²) in [5.74, 6) is 0.150. The molecule has 1 N–H and O–H groups in total. The van der Waals surface area contributed by atoms with Crippen LogP contribution in [0.15, 0.2) is 46.4 Å². The lowest BCUT2D eigenvalue weighted by atomic mass is 10.1. The standard InChI is InChI=1S/C24H30N6O4S2/c1-29(2)11-4-14-34-20-10-9-19-23(26-20)35-24(25-19)27-22(31)21(28-30-12-15-33-16-13-30)17-5-7-18(8-6-17)36(3)32/h5-10H,4,11-16H2,1-3H3,(H,25,27,31)/b28-21+. The van der Waals surface area contributed by atoms with Gasteiger partial charge in [0.05, 0.1) is 32.9 Å². The van der Waals surface area contributed by atoms with Gasteiger partial charge < -0.3 is 14.4 Å². The smallest absolute Gasteiger partial charge is 0.278 e. The minimum Gasteiger partial charge on any atom is -0.478 e. The molecule has 0 radical (unpaired) electrons. The zero-order valence-corrected chi connectivity index (χ0v) is 22.2. The Morgan fingerprint density at radius 1 is 1.19 bits per heavy atom. The fraction of sp³-hybridized carbons (Fsp3) is 0.417. The van der Waals surface area contributed by atoms with Crippen molar-refractivity contribution in [3.05, 3.63) is 42.0 Å². The fourth-order valence-electron chi connectivity index (χ4n) is 3.48. The number of carbonyl (C=O) groups excluding carboxylic acids is 1. The highest BCUT2D eigenvalue weighted by molar-refractivity contribution is 7.84. The molecular formula is C24H30N6O4S2. The van der Waals surface area contributed by atoms with E-state index in [0.717, 1.165) is 13.0 Å². The minimum absolute atomic E-state index is 0.252. The van der Waals surface area contributed by atoms with Crippen molar-refractivity contribution in [2.75, 3.05) is 65.1 Å². The Kier molecular flexibility index (Phi) is 8.97. The first-order valence-corrected chi connectivity index (χ1v) is 14.0. The number of hydrazone groups is 1. The summed E-state index contributed by atoms with van der Waals surface area (Å²) in [4.78, 5) is 25.8. The van der Waals surface area contributed by atoms with Gasteiger partial charge in [-0.1, -0.05) is 23.5 Å². The SMILES string of the molecule is CN(C)CCCOc1ccc2nc(NC(=O)/C(=N/N3CCOCC3)c3ccc(S(C)=O)cc3)sc2n1.